The monoisotopic (exact) mass is 370 g/mol. The fraction of sp³-hybridized carbons (Fsp3) is 0.571. The predicted molar refractivity (Wildman–Crippen MR) is 87.5 cm³/mol. The third kappa shape index (κ3) is 8.19. The third-order valence-electron chi connectivity index (χ3n) is 3.34. The normalized spacial score (nSPS) is 22.1. The van der Waals surface area contributed by atoms with Crippen molar-refractivity contribution in [2.24, 2.45) is 0 Å². The van der Waals surface area contributed by atoms with Gasteiger partial charge in [-0.25, -0.2) is 0 Å². The molecule has 1 fully saturated rings. The van der Waals surface area contributed by atoms with E-state index in [9.17, 15) is 28.8 Å². The largest absolute Gasteiger partial charge is 0.347 e. The van der Waals surface area contributed by atoms with Gasteiger partial charge in [0.15, 0.2) is 5.78 Å². The number of nitrogens with one attached hydrogen (secondary N) is 6. The highest BCUT2D eigenvalue weighted by molar-refractivity contribution is 5.95. The lowest BCUT2D eigenvalue weighted by Gasteiger charge is -2.16. The number of hydrogen-bond donors (Lipinski definition) is 6. The number of hydrogen-bond acceptors (Lipinski definition) is 7. The van der Waals surface area contributed by atoms with Gasteiger partial charge in [0.05, 0.1) is 38.8 Å². The van der Waals surface area contributed by atoms with Crippen LogP contribution in [0.25, 0.3) is 0 Å². The smallest absolute Gasteiger partial charge is 0.239 e. The summed E-state index contributed by atoms with van der Waals surface area (Å²) in [4.78, 5) is 70.0. The highest BCUT2D eigenvalue weighted by atomic mass is 16.2. The second-order valence-corrected chi connectivity index (χ2v) is 5.41. The molecule has 1 unspecified atom stereocenters. The summed E-state index contributed by atoms with van der Waals surface area (Å²) in [5.41, 5.74) is 0. The molecule has 1 rings (SSSR count). The van der Waals surface area contributed by atoms with Gasteiger partial charge in [-0.1, -0.05) is 0 Å². The Labute approximate surface area is 149 Å². The fourth-order valence-electron chi connectivity index (χ4n) is 1.90. The topological polar surface area (TPSA) is 175 Å². The average Bonchev–Trinajstić information content (AvgIpc) is 2.62. The van der Waals surface area contributed by atoms with E-state index in [-0.39, 0.29) is 39.1 Å². The highest BCUT2D eigenvalue weighted by Crippen LogP contribution is 1.93. The molecule has 0 bridgehead atoms. The zero-order valence-corrected chi connectivity index (χ0v) is 14.3. The van der Waals surface area contributed by atoms with E-state index in [2.05, 4.69) is 31.9 Å². The van der Waals surface area contributed by atoms with E-state index >= 15 is 0 Å². The minimum absolute atomic E-state index is 0.195. The molecule has 1 aliphatic rings. The fourth-order valence-corrected chi connectivity index (χ4v) is 1.90. The van der Waals surface area contributed by atoms with Crippen LogP contribution in [0.4, 0.5) is 0 Å². The number of carbonyl (C=O) groups is 6. The molecule has 1 saturated heterocycles. The van der Waals surface area contributed by atoms with Crippen LogP contribution in [0.15, 0.2) is 0 Å². The molecule has 0 aromatic rings. The number of amides is 5. The summed E-state index contributed by atoms with van der Waals surface area (Å²) >= 11 is 0. The SMILES string of the molecule is CNC1CC(=O)CNC(=O)CNC(=O)CNC(=O)CNC(=O)CNC1=O. The van der Waals surface area contributed by atoms with Crippen LogP contribution in [0.1, 0.15) is 6.42 Å². The minimum atomic E-state index is -0.880. The first-order valence-electron chi connectivity index (χ1n) is 7.85. The number of ketones is 1. The zero-order valence-electron chi connectivity index (χ0n) is 14.3. The van der Waals surface area contributed by atoms with Crippen LogP contribution in [-0.4, -0.2) is 81.1 Å². The molecule has 12 heteroatoms. The summed E-state index contributed by atoms with van der Waals surface area (Å²) in [5.74, 6) is -3.37. The molecule has 0 radical (unpaired) electrons. The van der Waals surface area contributed by atoms with Gasteiger partial charge in [0.2, 0.25) is 29.5 Å². The van der Waals surface area contributed by atoms with Gasteiger partial charge in [-0.2, -0.15) is 0 Å². The van der Waals surface area contributed by atoms with Gasteiger partial charge in [0.25, 0.3) is 0 Å². The Hall–Kier alpha value is -3.02. The maximum atomic E-state index is 12.0. The molecule has 0 spiro atoms. The van der Waals surface area contributed by atoms with Gasteiger partial charge in [0.1, 0.15) is 0 Å². The van der Waals surface area contributed by atoms with Gasteiger partial charge in [-0.15, -0.1) is 0 Å². The maximum Gasteiger partial charge on any atom is 0.239 e. The molecule has 144 valence electrons. The van der Waals surface area contributed by atoms with Crippen LogP contribution in [0, 0.1) is 0 Å². The molecule has 0 aromatic carbocycles. The van der Waals surface area contributed by atoms with E-state index < -0.39 is 41.4 Å². The van der Waals surface area contributed by atoms with Crippen LogP contribution < -0.4 is 31.9 Å². The van der Waals surface area contributed by atoms with E-state index in [1.807, 2.05) is 0 Å². The molecular formula is C14H22N6O6. The van der Waals surface area contributed by atoms with Gasteiger partial charge in [0, 0.05) is 6.42 Å². The van der Waals surface area contributed by atoms with Crippen molar-refractivity contribution in [1.29, 1.82) is 0 Å². The van der Waals surface area contributed by atoms with Crippen molar-refractivity contribution in [2.45, 2.75) is 12.5 Å². The maximum absolute atomic E-state index is 12.0. The number of Topliss-reactive ketones (excluding diaryl/α,β-unsaturated/α-hetero) is 1. The lowest BCUT2D eigenvalue weighted by molar-refractivity contribution is -0.131. The van der Waals surface area contributed by atoms with Crippen molar-refractivity contribution in [3.8, 4) is 0 Å². The third-order valence-corrected chi connectivity index (χ3v) is 3.34. The van der Waals surface area contributed by atoms with Crippen molar-refractivity contribution in [3.63, 3.8) is 0 Å². The second kappa shape index (κ2) is 10.8. The molecule has 6 N–H and O–H groups in total. The standard InChI is InChI=1S/C14H22N6O6/c1-15-9-2-8(21)3-16-10(22)4-17-11(23)5-18-12(24)6-19-13(25)7-20-14(9)26/h9,15H,2-7H2,1H3,(H,16,22)(H,17,23)(H,18,24)(H,19,25)(H,20,26). The lowest BCUT2D eigenvalue weighted by atomic mass is 10.1. The van der Waals surface area contributed by atoms with E-state index in [1.165, 1.54) is 7.05 Å². The van der Waals surface area contributed by atoms with Crippen LogP contribution in [0.5, 0.6) is 0 Å². The van der Waals surface area contributed by atoms with E-state index in [4.69, 9.17) is 0 Å². The summed E-state index contributed by atoms with van der Waals surface area (Å²) in [7, 11) is 1.47. The first kappa shape index (κ1) is 21.0. The summed E-state index contributed by atoms with van der Waals surface area (Å²) < 4.78 is 0. The van der Waals surface area contributed by atoms with Gasteiger partial charge >= 0.3 is 0 Å². The van der Waals surface area contributed by atoms with E-state index in [0.29, 0.717) is 0 Å². The molecular weight excluding hydrogens is 348 g/mol. The Bertz CT molecular complexity index is 592. The van der Waals surface area contributed by atoms with Crippen molar-refractivity contribution in [3.05, 3.63) is 0 Å². The van der Waals surface area contributed by atoms with Crippen LogP contribution in [0.3, 0.4) is 0 Å². The molecule has 26 heavy (non-hydrogen) atoms. The Kier molecular flexibility index (Phi) is 8.70. The average molecular weight is 370 g/mol. The molecule has 1 aliphatic heterocycles. The van der Waals surface area contributed by atoms with Gasteiger partial charge in [-0.3, -0.25) is 28.8 Å². The van der Waals surface area contributed by atoms with Crippen LogP contribution >= 0.6 is 0 Å². The Morgan fingerprint density at radius 3 is 1.46 bits per heavy atom. The summed E-state index contributed by atoms with van der Waals surface area (Å²) in [5, 5.41) is 14.1. The van der Waals surface area contributed by atoms with Crippen LogP contribution in [-0.2, 0) is 28.8 Å². The number of carbonyl (C=O) groups excluding carboxylic acids is 6. The van der Waals surface area contributed by atoms with Crippen molar-refractivity contribution in [2.75, 3.05) is 39.8 Å². The minimum Gasteiger partial charge on any atom is -0.347 e. The van der Waals surface area contributed by atoms with E-state index in [0.717, 1.165) is 0 Å². The van der Waals surface area contributed by atoms with Crippen LogP contribution in [0.2, 0.25) is 0 Å². The molecule has 1 heterocycles. The van der Waals surface area contributed by atoms with Crippen molar-refractivity contribution < 1.29 is 28.8 Å². The first-order valence-corrected chi connectivity index (χ1v) is 7.85. The highest BCUT2D eigenvalue weighted by Gasteiger charge is 2.21. The Morgan fingerprint density at radius 1 is 0.654 bits per heavy atom. The molecule has 1 atom stereocenters. The molecule has 0 aromatic heterocycles. The quantitative estimate of drug-likeness (QED) is 0.268. The summed E-state index contributed by atoms with van der Waals surface area (Å²) in [6, 6.07) is -0.880. The van der Waals surface area contributed by atoms with E-state index in [1.54, 1.807) is 0 Å². The predicted octanol–water partition coefficient (Wildman–Crippen LogP) is -4.87. The first-order chi connectivity index (χ1) is 12.3. The van der Waals surface area contributed by atoms with Gasteiger partial charge in [-0.05, 0) is 7.05 Å². The molecule has 12 nitrogen and oxygen atoms in total. The number of likely N-dealkylation sites (N-methyl/N-ethyl adjacent to an activating group) is 1. The number of rotatable bonds is 1. The summed E-state index contributed by atoms with van der Waals surface area (Å²) in [6.45, 7) is -1.81. The Balaban J connectivity index is 2.70. The Morgan fingerprint density at radius 2 is 1.04 bits per heavy atom. The van der Waals surface area contributed by atoms with Gasteiger partial charge < -0.3 is 31.9 Å². The summed E-state index contributed by atoms with van der Waals surface area (Å²) in [6.07, 6.45) is -0.195. The second-order valence-electron chi connectivity index (χ2n) is 5.41. The van der Waals surface area contributed by atoms with Crippen molar-refractivity contribution in [1.82, 2.24) is 31.9 Å². The lowest BCUT2D eigenvalue weighted by Crippen LogP contribution is -2.49. The molecule has 0 saturated carbocycles. The van der Waals surface area contributed by atoms with Crippen molar-refractivity contribution >= 4 is 35.3 Å². The molecule has 5 amide bonds. The molecule has 0 aliphatic carbocycles. The zero-order chi connectivity index (χ0) is 19.5.